The van der Waals surface area contributed by atoms with Gasteiger partial charge in [-0.05, 0) is 29.8 Å². The van der Waals surface area contributed by atoms with Gasteiger partial charge in [0.1, 0.15) is 15.8 Å². The van der Waals surface area contributed by atoms with E-state index in [1.165, 1.54) is 24.3 Å². The second-order valence-electron chi connectivity index (χ2n) is 5.67. The minimum Gasteiger partial charge on any atom is -0.379 e. The normalized spacial score (nSPS) is 11.1. The van der Waals surface area contributed by atoms with Crippen LogP contribution in [0.5, 0.6) is 5.75 Å². The molecule has 1 amide bonds. The molecule has 28 heavy (non-hydrogen) atoms. The first-order valence-corrected chi connectivity index (χ1v) is 10.2. The van der Waals surface area contributed by atoms with Gasteiger partial charge in [0.25, 0.3) is 5.91 Å². The van der Waals surface area contributed by atoms with Crippen LogP contribution in [0, 0.1) is 0 Å². The molecule has 0 saturated carbocycles. The lowest BCUT2D eigenvalue weighted by molar-refractivity contribution is 0.0950. The molecule has 0 fully saturated rings. The third kappa shape index (κ3) is 5.01. The van der Waals surface area contributed by atoms with Crippen LogP contribution in [0.25, 0.3) is 0 Å². The number of carbonyl (C=O) groups excluding carboxylic acids is 1. The Morgan fingerprint density at radius 2 is 1.79 bits per heavy atom. The lowest BCUT2D eigenvalue weighted by atomic mass is 10.2. The Morgan fingerprint density at radius 1 is 1.04 bits per heavy atom. The maximum Gasteiger partial charge on any atom is 0.342 e. The Hall–Kier alpha value is -2.61. The molecule has 0 atom stereocenters. The van der Waals surface area contributed by atoms with E-state index in [0.29, 0.717) is 6.54 Å². The zero-order chi connectivity index (χ0) is 20.1. The number of pyridine rings is 1. The molecule has 1 N–H and O–H groups in total. The van der Waals surface area contributed by atoms with Gasteiger partial charge in [-0.25, -0.2) is 4.98 Å². The lowest BCUT2D eigenvalue weighted by Gasteiger charge is -2.10. The van der Waals surface area contributed by atoms with Crippen LogP contribution >= 0.6 is 23.2 Å². The number of amides is 1. The molecule has 2 aromatic carbocycles. The minimum atomic E-state index is -4.24. The van der Waals surface area contributed by atoms with Gasteiger partial charge in [0.05, 0.1) is 11.2 Å². The number of aromatic nitrogens is 1. The predicted molar refractivity (Wildman–Crippen MR) is 106 cm³/mol. The molecule has 0 unspecified atom stereocenters. The summed E-state index contributed by atoms with van der Waals surface area (Å²) in [5, 5.41) is 2.71. The highest BCUT2D eigenvalue weighted by Crippen LogP contribution is 2.26. The Balaban J connectivity index is 1.74. The molecule has 9 heteroatoms. The molecular weight excluding hydrogens is 423 g/mol. The lowest BCUT2D eigenvalue weighted by Crippen LogP contribution is -2.22. The number of hydrogen-bond acceptors (Lipinski definition) is 5. The van der Waals surface area contributed by atoms with Crippen molar-refractivity contribution in [3.05, 3.63) is 88.2 Å². The van der Waals surface area contributed by atoms with Crippen molar-refractivity contribution >= 4 is 39.2 Å². The molecule has 0 aliphatic carbocycles. The summed E-state index contributed by atoms with van der Waals surface area (Å²) in [5.74, 6) is -0.392. The van der Waals surface area contributed by atoms with E-state index in [1.807, 2.05) is 30.3 Å². The van der Waals surface area contributed by atoms with Crippen molar-refractivity contribution in [2.75, 3.05) is 0 Å². The molecule has 0 saturated heterocycles. The van der Waals surface area contributed by atoms with E-state index >= 15 is 0 Å². The maximum atomic E-state index is 12.4. The molecule has 0 aliphatic rings. The highest BCUT2D eigenvalue weighted by atomic mass is 35.5. The third-order valence-corrected chi connectivity index (χ3v) is 5.56. The van der Waals surface area contributed by atoms with Crippen molar-refractivity contribution in [3.8, 4) is 5.75 Å². The summed E-state index contributed by atoms with van der Waals surface area (Å²) in [6, 6.07) is 16.4. The number of nitrogens with one attached hydrogen (secondary N) is 1. The Morgan fingerprint density at radius 3 is 2.50 bits per heavy atom. The Kier molecular flexibility index (Phi) is 6.18. The van der Waals surface area contributed by atoms with Crippen molar-refractivity contribution in [1.29, 1.82) is 0 Å². The van der Waals surface area contributed by atoms with Crippen LogP contribution in [0.4, 0.5) is 0 Å². The standard InChI is InChI=1S/C19H14Cl2N2O4S/c20-16-10-18(21)22-12-17(16)28(25,26)27-15-8-4-7-14(9-15)19(24)23-11-13-5-2-1-3-6-13/h1-10,12H,11H2,(H,23,24). The quantitative estimate of drug-likeness (QED) is 0.464. The van der Waals surface area contributed by atoms with Gasteiger partial charge < -0.3 is 9.50 Å². The van der Waals surface area contributed by atoms with Crippen molar-refractivity contribution in [2.45, 2.75) is 11.4 Å². The fourth-order valence-electron chi connectivity index (χ4n) is 2.32. The van der Waals surface area contributed by atoms with Gasteiger partial charge in [0.2, 0.25) is 0 Å². The molecule has 1 heterocycles. The van der Waals surface area contributed by atoms with E-state index in [1.54, 1.807) is 6.07 Å². The summed E-state index contributed by atoms with van der Waals surface area (Å²) in [4.78, 5) is 15.7. The molecule has 144 valence electrons. The van der Waals surface area contributed by atoms with Crippen LogP contribution in [0.1, 0.15) is 15.9 Å². The molecule has 6 nitrogen and oxygen atoms in total. The molecule has 3 aromatic rings. The summed E-state index contributed by atoms with van der Waals surface area (Å²) in [6.07, 6.45) is 1.01. The van der Waals surface area contributed by atoms with Gasteiger partial charge in [-0.3, -0.25) is 4.79 Å². The van der Waals surface area contributed by atoms with E-state index in [4.69, 9.17) is 27.4 Å². The Labute approximate surface area is 172 Å². The highest BCUT2D eigenvalue weighted by Gasteiger charge is 2.22. The highest BCUT2D eigenvalue weighted by molar-refractivity contribution is 7.87. The van der Waals surface area contributed by atoms with E-state index in [0.717, 1.165) is 11.8 Å². The molecule has 1 aromatic heterocycles. The molecular formula is C19H14Cl2N2O4S. The van der Waals surface area contributed by atoms with Crippen LogP contribution in [0.2, 0.25) is 10.2 Å². The fourth-order valence-corrected chi connectivity index (χ4v) is 3.90. The SMILES string of the molecule is O=C(NCc1ccccc1)c1cccc(OS(=O)(=O)c2cnc(Cl)cc2Cl)c1. The van der Waals surface area contributed by atoms with Crippen LogP contribution in [-0.4, -0.2) is 19.3 Å². The first-order chi connectivity index (χ1) is 13.3. The minimum absolute atomic E-state index is 0.0293. The second-order valence-corrected chi connectivity index (χ2v) is 7.98. The van der Waals surface area contributed by atoms with Gasteiger partial charge in [-0.15, -0.1) is 0 Å². The summed E-state index contributed by atoms with van der Waals surface area (Å²) in [5.41, 5.74) is 1.19. The average molecular weight is 437 g/mol. The number of rotatable bonds is 6. The van der Waals surface area contributed by atoms with Crippen molar-refractivity contribution in [3.63, 3.8) is 0 Å². The molecule has 0 aliphatic heterocycles. The first kappa shape index (κ1) is 20.1. The van der Waals surface area contributed by atoms with Crippen LogP contribution in [0.3, 0.4) is 0 Å². The summed E-state index contributed by atoms with van der Waals surface area (Å²) in [7, 11) is -4.24. The van der Waals surface area contributed by atoms with Crippen LogP contribution in [0.15, 0.2) is 71.8 Å². The number of benzene rings is 2. The first-order valence-electron chi connectivity index (χ1n) is 8.03. The average Bonchev–Trinajstić information content (AvgIpc) is 2.66. The number of hydrogen-bond donors (Lipinski definition) is 1. The van der Waals surface area contributed by atoms with E-state index < -0.39 is 10.1 Å². The van der Waals surface area contributed by atoms with Crippen molar-refractivity contribution in [1.82, 2.24) is 10.3 Å². The van der Waals surface area contributed by atoms with E-state index in [9.17, 15) is 13.2 Å². The van der Waals surface area contributed by atoms with Gasteiger partial charge >= 0.3 is 10.1 Å². The number of carbonyl (C=O) groups is 1. The van der Waals surface area contributed by atoms with E-state index in [-0.39, 0.29) is 32.3 Å². The zero-order valence-corrected chi connectivity index (χ0v) is 16.6. The largest absolute Gasteiger partial charge is 0.379 e. The second kappa shape index (κ2) is 8.60. The van der Waals surface area contributed by atoms with Gasteiger partial charge in [0, 0.05) is 12.1 Å². The van der Waals surface area contributed by atoms with Gasteiger partial charge in [-0.2, -0.15) is 8.42 Å². The maximum absolute atomic E-state index is 12.4. The van der Waals surface area contributed by atoms with Gasteiger partial charge in [-0.1, -0.05) is 59.6 Å². The number of halogens is 2. The number of nitrogens with zero attached hydrogens (tertiary/aromatic N) is 1. The van der Waals surface area contributed by atoms with E-state index in [2.05, 4.69) is 10.3 Å². The van der Waals surface area contributed by atoms with Crippen molar-refractivity contribution < 1.29 is 17.4 Å². The molecule has 0 radical (unpaired) electrons. The predicted octanol–water partition coefficient (Wildman–Crippen LogP) is 4.09. The molecule has 0 bridgehead atoms. The molecule has 3 rings (SSSR count). The fraction of sp³-hybridized carbons (Fsp3) is 0.0526. The van der Waals surface area contributed by atoms with Crippen LogP contribution < -0.4 is 9.50 Å². The Bertz CT molecular complexity index is 1110. The summed E-state index contributed by atoms with van der Waals surface area (Å²) >= 11 is 11.6. The third-order valence-electron chi connectivity index (χ3n) is 3.65. The molecule has 0 spiro atoms. The summed E-state index contributed by atoms with van der Waals surface area (Å²) < 4.78 is 30.0. The van der Waals surface area contributed by atoms with Crippen molar-refractivity contribution in [2.24, 2.45) is 0 Å². The zero-order valence-electron chi connectivity index (χ0n) is 14.3. The van der Waals surface area contributed by atoms with Gasteiger partial charge in [0.15, 0.2) is 0 Å². The van der Waals surface area contributed by atoms with Crippen LogP contribution in [-0.2, 0) is 16.7 Å². The smallest absolute Gasteiger partial charge is 0.342 e. The monoisotopic (exact) mass is 436 g/mol. The topological polar surface area (TPSA) is 85.4 Å². The summed E-state index contributed by atoms with van der Waals surface area (Å²) in [6.45, 7) is 0.342.